The number of esters is 1. The van der Waals surface area contributed by atoms with E-state index in [0.717, 1.165) is 0 Å². The molecule has 5 nitrogen and oxygen atoms in total. The minimum Gasteiger partial charge on any atom is -0.506 e. The first-order valence-corrected chi connectivity index (χ1v) is 4.64. The number of carbonyl (C=O) groups is 1. The smallest absolute Gasteiger partial charge is 0.341 e. The lowest BCUT2D eigenvalue weighted by atomic mass is 10.1. The van der Waals surface area contributed by atoms with Gasteiger partial charge in [-0.15, -0.1) is 0 Å². The molecule has 1 aromatic carbocycles. The molecule has 2 N–H and O–H groups in total. The molecule has 0 aliphatic heterocycles. The van der Waals surface area contributed by atoms with Gasteiger partial charge in [-0.1, -0.05) is 6.07 Å². The number of hydrogen-bond donors (Lipinski definition) is 2. The first-order valence-electron chi connectivity index (χ1n) is 4.64. The van der Waals surface area contributed by atoms with E-state index in [0.29, 0.717) is 11.4 Å². The Morgan fingerprint density at radius 3 is 2.94 bits per heavy atom. The topological polar surface area (TPSA) is 75.2 Å². The highest BCUT2D eigenvalue weighted by Gasteiger charge is 2.16. The zero-order valence-corrected chi connectivity index (χ0v) is 8.60. The molecule has 1 aromatic heterocycles. The predicted molar refractivity (Wildman–Crippen MR) is 57.0 cm³/mol. The van der Waals surface area contributed by atoms with Gasteiger partial charge in [0.25, 0.3) is 0 Å². The highest BCUT2D eigenvalue weighted by Crippen LogP contribution is 2.30. The number of imidazole rings is 1. The summed E-state index contributed by atoms with van der Waals surface area (Å²) in [6, 6.07) is 4.82. The molecular weight excluding hydrogens is 208 g/mol. The van der Waals surface area contributed by atoms with Crippen molar-refractivity contribution in [3.8, 4) is 17.1 Å². The van der Waals surface area contributed by atoms with Gasteiger partial charge in [-0.3, -0.25) is 0 Å². The van der Waals surface area contributed by atoms with Crippen molar-refractivity contribution in [3.05, 3.63) is 36.2 Å². The van der Waals surface area contributed by atoms with E-state index in [1.54, 1.807) is 24.5 Å². The number of hydrogen-bond acceptors (Lipinski definition) is 4. The summed E-state index contributed by atoms with van der Waals surface area (Å²) in [5.74, 6) is -0.210. The molecule has 0 fully saturated rings. The molecule has 0 atom stereocenters. The second-order valence-corrected chi connectivity index (χ2v) is 3.13. The highest BCUT2D eigenvalue weighted by atomic mass is 16.5. The molecule has 82 valence electrons. The van der Waals surface area contributed by atoms with Gasteiger partial charge in [0.1, 0.15) is 17.1 Å². The zero-order chi connectivity index (χ0) is 11.5. The van der Waals surface area contributed by atoms with E-state index in [4.69, 9.17) is 0 Å². The van der Waals surface area contributed by atoms with Gasteiger partial charge >= 0.3 is 5.97 Å². The van der Waals surface area contributed by atoms with E-state index in [9.17, 15) is 9.90 Å². The Balaban J connectivity index is 2.53. The van der Waals surface area contributed by atoms with E-state index in [2.05, 4.69) is 14.7 Å². The van der Waals surface area contributed by atoms with Crippen molar-refractivity contribution < 1.29 is 14.6 Å². The summed E-state index contributed by atoms with van der Waals surface area (Å²) >= 11 is 0. The normalized spacial score (nSPS) is 10.1. The van der Waals surface area contributed by atoms with Crippen LogP contribution in [0.2, 0.25) is 0 Å². The molecule has 0 bridgehead atoms. The third kappa shape index (κ3) is 1.63. The molecule has 0 amide bonds. The van der Waals surface area contributed by atoms with Crippen LogP contribution in [0.3, 0.4) is 0 Å². The fourth-order valence-corrected chi connectivity index (χ4v) is 1.42. The van der Waals surface area contributed by atoms with Crippen LogP contribution in [-0.2, 0) is 4.74 Å². The molecule has 16 heavy (non-hydrogen) atoms. The summed E-state index contributed by atoms with van der Waals surface area (Å²) in [5.41, 5.74) is 0.587. The SMILES string of the molecule is COC(=O)c1cccc(-c2ncc[nH]2)c1O. The second kappa shape index (κ2) is 4.06. The molecule has 0 saturated heterocycles. The van der Waals surface area contributed by atoms with Crippen molar-refractivity contribution in [2.24, 2.45) is 0 Å². The molecule has 0 spiro atoms. The molecule has 2 rings (SSSR count). The Bertz CT molecular complexity index is 506. The van der Waals surface area contributed by atoms with Crippen molar-refractivity contribution >= 4 is 5.97 Å². The molecule has 5 heteroatoms. The summed E-state index contributed by atoms with van der Waals surface area (Å²) in [6.07, 6.45) is 3.21. The van der Waals surface area contributed by atoms with Crippen LogP contribution in [0.1, 0.15) is 10.4 Å². The lowest BCUT2D eigenvalue weighted by Crippen LogP contribution is -2.02. The maximum Gasteiger partial charge on any atom is 0.341 e. The van der Waals surface area contributed by atoms with Gasteiger partial charge in [-0.05, 0) is 12.1 Å². The number of rotatable bonds is 2. The predicted octanol–water partition coefficient (Wildman–Crippen LogP) is 1.57. The van der Waals surface area contributed by atoms with E-state index in [-0.39, 0.29) is 11.3 Å². The maximum atomic E-state index is 11.3. The van der Waals surface area contributed by atoms with E-state index in [1.807, 2.05) is 0 Å². The van der Waals surface area contributed by atoms with Crippen LogP contribution >= 0.6 is 0 Å². The summed E-state index contributed by atoms with van der Waals surface area (Å²) in [5, 5.41) is 9.90. The summed E-state index contributed by atoms with van der Waals surface area (Å²) < 4.78 is 4.56. The molecule has 1 heterocycles. The molecule has 0 radical (unpaired) electrons. The summed E-state index contributed by atoms with van der Waals surface area (Å²) in [6.45, 7) is 0. The van der Waals surface area contributed by atoms with Crippen molar-refractivity contribution in [1.29, 1.82) is 0 Å². The number of aromatic nitrogens is 2. The zero-order valence-electron chi connectivity index (χ0n) is 8.60. The number of para-hydroxylation sites is 1. The monoisotopic (exact) mass is 218 g/mol. The number of nitrogens with one attached hydrogen (secondary N) is 1. The van der Waals surface area contributed by atoms with Crippen LogP contribution in [0.15, 0.2) is 30.6 Å². The molecule has 0 aliphatic carbocycles. The molecule has 0 saturated carbocycles. The summed E-state index contributed by atoms with van der Waals surface area (Å²) in [4.78, 5) is 18.2. The molecule has 2 aromatic rings. The third-order valence-corrected chi connectivity index (χ3v) is 2.19. The Morgan fingerprint density at radius 2 is 2.31 bits per heavy atom. The lowest BCUT2D eigenvalue weighted by Gasteiger charge is -2.06. The number of methoxy groups -OCH3 is 1. The number of ether oxygens (including phenoxy) is 1. The van der Waals surface area contributed by atoms with Gasteiger partial charge in [0.2, 0.25) is 0 Å². The van der Waals surface area contributed by atoms with Gasteiger partial charge in [-0.2, -0.15) is 0 Å². The maximum absolute atomic E-state index is 11.3. The van der Waals surface area contributed by atoms with Crippen LogP contribution in [0.25, 0.3) is 11.4 Å². The number of phenols is 1. The van der Waals surface area contributed by atoms with E-state index in [1.165, 1.54) is 13.2 Å². The minimum atomic E-state index is -0.578. The first-order chi connectivity index (χ1) is 7.74. The van der Waals surface area contributed by atoms with Gasteiger partial charge in [-0.25, -0.2) is 9.78 Å². The second-order valence-electron chi connectivity index (χ2n) is 3.13. The average Bonchev–Trinajstić information content (AvgIpc) is 2.82. The van der Waals surface area contributed by atoms with Crippen LogP contribution in [0, 0.1) is 0 Å². The molecule has 0 unspecified atom stereocenters. The number of carbonyl (C=O) groups excluding carboxylic acids is 1. The quantitative estimate of drug-likeness (QED) is 0.750. The number of aromatic amines is 1. The number of benzene rings is 1. The van der Waals surface area contributed by atoms with Gasteiger partial charge < -0.3 is 14.8 Å². The minimum absolute atomic E-state index is 0.122. The highest BCUT2D eigenvalue weighted by molar-refractivity contribution is 5.94. The number of nitrogens with zero attached hydrogens (tertiary/aromatic N) is 1. The number of phenolic OH excluding ortho intramolecular Hbond substituents is 1. The van der Waals surface area contributed by atoms with Crippen LogP contribution < -0.4 is 0 Å². The fraction of sp³-hybridized carbons (Fsp3) is 0.0909. The van der Waals surface area contributed by atoms with Crippen molar-refractivity contribution in [2.75, 3.05) is 7.11 Å². The summed E-state index contributed by atoms with van der Waals surface area (Å²) in [7, 11) is 1.27. The van der Waals surface area contributed by atoms with Gasteiger partial charge in [0.05, 0.1) is 12.7 Å². The van der Waals surface area contributed by atoms with Crippen molar-refractivity contribution in [1.82, 2.24) is 9.97 Å². The van der Waals surface area contributed by atoms with Crippen LogP contribution in [-0.4, -0.2) is 28.2 Å². The lowest BCUT2D eigenvalue weighted by molar-refractivity contribution is 0.0597. The van der Waals surface area contributed by atoms with Gasteiger partial charge in [0.15, 0.2) is 0 Å². The van der Waals surface area contributed by atoms with Crippen molar-refractivity contribution in [2.45, 2.75) is 0 Å². The van der Waals surface area contributed by atoms with E-state index >= 15 is 0 Å². The Kier molecular flexibility index (Phi) is 2.59. The Hall–Kier alpha value is -2.30. The number of H-pyrrole nitrogens is 1. The Morgan fingerprint density at radius 1 is 1.50 bits per heavy atom. The average molecular weight is 218 g/mol. The largest absolute Gasteiger partial charge is 0.506 e. The molecule has 0 aliphatic rings. The third-order valence-electron chi connectivity index (χ3n) is 2.19. The van der Waals surface area contributed by atoms with E-state index < -0.39 is 5.97 Å². The van der Waals surface area contributed by atoms with Crippen molar-refractivity contribution in [3.63, 3.8) is 0 Å². The Labute approximate surface area is 91.7 Å². The van der Waals surface area contributed by atoms with Crippen LogP contribution in [0.5, 0.6) is 5.75 Å². The van der Waals surface area contributed by atoms with Gasteiger partial charge in [0, 0.05) is 12.4 Å². The van der Waals surface area contributed by atoms with Crippen LogP contribution in [0.4, 0.5) is 0 Å². The fourth-order valence-electron chi connectivity index (χ4n) is 1.42. The standard InChI is InChI=1S/C11H10N2O3/c1-16-11(15)8-4-2-3-7(9(8)14)10-12-5-6-13-10/h2-6,14H,1H3,(H,12,13). The molecular formula is C11H10N2O3. The first kappa shape index (κ1) is 10.2. The number of aromatic hydroxyl groups is 1.